The SMILES string of the molecule is CC(=O)N1[C@H]2CCC[C@H]3N(C(=O)CN4CCCCS4(=O)=O)[C@@H](Cc4ccccc4)[C@@H]1C[C@@]23C. The number of fused-ring (bicyclic) bond motifs is 1. The Morgan fingerprint density at radius 3 is 2.39 bits per heavy atom. The van der Waals surface area contributed by atoms with Gasteiger partial charge in [0.05, 0.1) is 24.4 Å². The lowest BCUT2D eigenvalue weighted by molar-refractivity contribution is -0.145. The summed E-state index contributed by atoms with van der Waals surface area (Å²) < 4.78 is 26.7. The second-order valence-electron chi connectivity index (χ2n) is 10.6. The van der Waals surface area contributed by atoms with Crippen LogP contribution in [0, 0.1) is 5.41 Å². The van der Waals surface area contributed by atoms with E-state index in [1.54, 1.807) is 6.92 Å². The van der Waals surface area contributed by atoms with Crippen molar-refractivity contribution in [1.82, 2.24) is 14.1 Å². The number of likely N-dealkylation sites (tertiary alicyclic amines) is 2. The minimum Gasteiger partial charge on any atom is -0.334 e. The Labute approximate surface area is 197 Å². The van der Waals surface area contributed by atoms with Gasteiger partial charge in [-0.05, 0) is 50.5 Å². The summed E-state index contributed by atoms with van der Waals surface area (Å²) in [6, 6.07) is 10.1. The van der Waals surface area contributed by atoms with E-state index in [9.17, 15) is 18.0 Å². The first-order chi connectivity index (χ1) is 15.7. The van der Waals surface area contributed by atoms with Crippen molar-refractivity contribution in [3.63, 3.8) is 0 Å². The first-order valence-corrected chi connectivity index (χ1v) is 13.9. The van der Waals surface area contributed by atoms with E-state index in [2.05, 4.69) is 24.0 Å². The molecule has 0 radical (unpaired) electrons. The fourth-order valence-electron chi connectivity index (χ4n) is 7.24. The number of carbonyl (C=O) groups excluding carboxylic acids is 2. The molecule has 2 amide bonds. The molecule has 3 aliphatic heterocycles. The number of nitrogens with zero attached hydrogens (tertiary/aromatic N) is 3. The van der Waals surface area contributed by atoms with Gasteiger partial charge in [0.1, 0.15) is 0 Å². The van der Waals surface area contributed by atoms with Gasteiger partial charge in [-0.15, -0.1) is 0 Å². The van der Waals surface area contributed by atoms with Gasteiger partial charge in [0.2, 0.25) is 21.8 Å². The van der Waals surface area contributed by atoms with E-state index >= 15 is 0 Å². The summed E-state index contributed by atoms with van der Waals surface area (Å²) in [4.78, 5) is 30.9. The Kier molecular flexibility index (Phi) is 5.80. The minimum absolute atomic E-state index is 0.0329. The number of amides is 2. The zero-order valence-electron chi connectivity index (χ0n) is 19.7. The smallest absolute Gasteiger partial charge is 0.238 e. The predicted octanol–water partition coefficient (Wildman–Crippen LogP) is 2.41. The number of piperidine rings is 1. The molecule has 180 valence electrons. The van der Waals surface area contributed by atoms with Crippen molar-refractivity contribution in [2.45, 2.75) is 83.0 Å². The van der Waals surface area contributed by atoms with Gasteiger partial charge in [0.25, 0.3) is 0 Å². The van der Waals surface area contributed by atoms with E-state index in [4.69, 9.17) is 0 Å². The molecule has 1 saturated carbocycles. The van der Waals surface area contributed by atoms with Crippen molar-refractivity contribution in [3.05, 3.63) is 35.9 Å². The van der Waals surface area contributed by atoms with E-state index in [1.807, 2.05) is 23.1 Å². The van der Waals surface area contributed by atoms with Gasteiger partial charge >= 0.3 is 0 Å². The van der Waals surface area contributed by atoms with E-state index in [1.165, 1.54) is 4.31 Å². The largest absolute Gasteiger partial charge is 0.334 e. The molecule has 8 heteroatoms. The van der Waals surface area contributed by atoms with Crippen LogP contribution >= 0.6 is 0 Å². The highest BCUT2D eigenvalue weighted by atomic mass is 32.2. The lowest BCUT2D eigenvalue weighted by Crippen LogP contribution is -2.64. The van der Waals surface area contributed by atoms with E-state index in [0.29, 0.717) is 19.4 Å². The highest BCUT2D eigenvalue weighted by Gasteiger charge is 2.64. The zero-order chi connectivity index (χ0) is 23.4. The Morgan fingerprint density at radius 2 is 1.73 bits per heavy atom. The van der Waals surface area contributed by atoms with Crippen LogP contribution in [0.4, 0.5) is 0 Å². The van der Waals surface area contributed by atoms with Crippen molar-refractivity contribution in [2.24, 2.45) is 5.41 Å². The predicted molar refractivity (Wildman–Crippen MR) is 126 cm³/mol. The van der Waals surface area contributed by atoms with Crippen molar-refractivity contribution in [1.29, 1.82) is 0 Å². The average molecular weight is 474 g/mol. The van der Waals surface area contributed by atoms with Crippen LogP contribution in [0.2, 0.25) is 0 Å². The van der Waals surface area contributed by atoms with Gasteiger partial charge in [-0.2, -0.15) is 4.31 Å². The van der Waals surface area contributed by atoms with Gasteiger partial charge in [0, 0.05) is 31.0 Å². The Bertz CT molecular complexity index is 1030. The Hall–Kier alpha value is -1.93. The average Bonchev–Trinajstić information content (AvgIpc) is 3.08. The van der Waals surface area contributed by atoms with Crippen LogP contribution in [0.3, 0.4) is 0 Å². The van der Waals surface area contributed by atoms with Crippen LogP contribution in [0.5, 0.6) is 0 Å². The molecule has 0 unspecified atom stereocenters. The molecule has 0 spiro atoms. The molecule has 0 aromatic heterocycles. The molecule has 0 N–H and O–H groups in total. The van der Waals surface area contributed by atoms with Crippen LogP contribution < -0.4 is 0 Å². The summed E-state index contributed by atoms with van der Waals surface area (Å²) in [6.07, 6.45) is 5.90. The first kappa shape index (κ1) is 22.8. The number of hydrogen-bond acceptors (Lipinski definition) is 4. The molecule has 3 heterocycles. The molecular formula is C25H35N3O4S. The molecule has 1 aromatic rings. The summed E-state index contributed by atoms with van der Waals surface area (Å²) in [5.41, 5.74) is 0.998. The van der Waals surface area contributed by atoms with Crippen LogP contribution in [-0.2, 0) is 26.0 Å². The maximum Gasteiger partial charge on any atom is 0.238 e. The molecule has 7 nitrogen and oxygen atoms in total. The van der Waals surface area contributed by atoms with E-state index in [-0.39, 0.29) is 53.7 Å². The maximum atomic E-state index is 13.9. The Morgan fingerprint density at radius 1 is 1.03 bits per heavy atom. The molecule has 4 fully saturated rings. The summed E-state index contributed by atoms with van der Waals surface area (Å²) in [5.74, 6) is 0.103. The van der Waals surface area contributed by atoms with Gasteiger partial charge in [0.15, 0.2) is 0 Å². The van der Waals surface area contributed by atoms with Gasteiger partial charge in [-0.25, -0.2) is 8.42 Å². The van der Waals surface area contributed by atoms with E-state index in [0.717, 1.165) is 37.7 Å². The third kappa shape index (κ3) is 3.79. The van der Waals surface area contributed by atoms with Crippen molar-refractivity contribution < 1.29 is 18.0 Å². The lowest BCUT2D eigenvalue weighted by Gasteiger charge is -2.53. The summed E-state index contributed by atoms with van der Waals surface area (Å²) >= 11 is 0. The maximum absolute atomic E-state index is 13.9. The normalized spacial score (nSPS) is 35.5. The molecule has 1 aliphatic carbocycles. The summed E-state index contributed by atoms with van der Waals surface area (Å²) in [5, 5.41) is 0. The molecular weight excluding hydrogens is 438 g/mol. The number of sulfonamides is 1. The van der Waals surface area contributed by atoms with Crippen LogP contribution in [0.15, 0.2) is 30.3 Å². The lowest BCUT2D eigenvalue weighted by atomic mass is 9.64. The van der Waals surface area contributed by atoms with Crippen molar-refractivity contribution in [2.75, 3.05) is 18.8 Å². The number of benzene rings is 1. The highest BCUT2D eigenvalue weighted by Crippen LogP contribution is 2.56. The number of hydrogen-bond donors (Lipinski definition) is 0. The van der Waals surface area contributed by atoms with Crippen LogP contribution in [0.1, 0.15) is 57.9 Å². The second kappa shape index (κ2) is 8.38. The fourth-order valence-corrected chi connectivity index (χ4v) is 8.78. The van der Waals surface area contributed by atoms with Crippen LogP contribution in [-0.4, -0.2) is 77.3 Å². The quantitative estimate of drug-likeness (QED) is 0.673. The van der Waals surface area contributed by atoms with Gasteiger partial charge in [-0.1, -0.05) is 37.3 Å². The van der Waals surface area contributed by atoms with Gasteiger partial charge in [-0.3, -0.25) is 9.59 Å². The number of carbonyl (C=O) groups is 2. The molecule has 33 heavy (non-hydrogen) atoms. The second-order valence-corrected chi connectivity index (χ2v) is 12.7. The zero-order valence-corrected chi connectivity index (χ0v) is 20.5. The molecule has 3 saturated heterocycles. The monoisotopic (exact) mass is 473 g/mol. The summed E-state index contributed by atoms with van der Waals surface area (Å²) in [6.45, 7) is 4.23. The van der Waals surface area contributed by atoms with Crippen molar-refractivity contribution in [3.8, 4) is 0 Å². The third-order valence-electron chi connectivity index (χ3n) is 8.66. The third-order valence-corrected chi connectivity index (χ3v) is 10.6. The fraction of sp³-hybridized carbons (Fsp3) is 0.680. The Balaban J connectivity index is 1.53. The molecule has 1 aromatic carbocycles. The first-order valence-electron chi connectivity index (χ1n) is 12.3. The summed E-state index contributed by atoms with van der Waals surface area (Å²) in [7, 11) is -3.38. The molecule has 5 atom stereocenters. The van der Waals surface area contributed by atoms with Gasteiger partial charge < -0.3 is 9.80 Å². The van der Waals surface area contributed by atoms with Crippen LogP contribution in [0.25, 0.3) is 0 Å². The van der Waals surface area contributed by atoms with E-state index < -0.39 is 10.0 Å². The standard InChI is InChI=1S/C25H35N3O4S/c1-18(29)27-21-16-25(2)22(27)11-8-12-23(25)28(20(21)15-19-9-4-3-5-10-19)24(30)17-26-13-6-7-14-33(26,31)32/h3-5,9-10,20-23H,6-8,11-17H2,1-2H3/t20-,21-,22-,23+,25-/m0/s1. The molecule has 5 rings (SSSR count). The highest BCUT2D eigenvalue weighted by molar-refractivity contribution is 7.89. The molecule has 4 aliphatic rings. The minimum atomic E-state index is -3.38. The number of rotatable bonds is 4. The van der Waals surface area contributed by atoms with Crippen molar-refractivity contribution >= 4 is 21.8 Å². The topological polar surface area (TPSA) is 78.0 Å². The molecule has 2 bridgehead atoms.